The van der Waals surface area contributed by atoms with E-state index in [1.807, 2.05) is 30.3 Å². The van der Waals surface area contributed by atoms with Crippen molar-refractivity contribution in [2.24, 2.45) is 11.1 Å². The standard InChI is InChI=1S/C58H83F2IN8O16/c1-6-58(61,7-2)34-50(74)63-21-24-83-26-28-85-30-29-84-27-25-82-23-19-49(73)66-45(33-47(62)71)55(79)67-43(54(78)64-20-17-48(72)65-44(56(80)81)15-16-52(76)77)18-22-69(51(75)37-70)53(57(3,4)5)46-31-39(41-32-40(59)13-14-42(41)60)36-68(46)35-38-11-9-8-10-12-38/h8-14,31-32,36,43-45,53,70H,6-7,15-30,33-35,37H2,1-5H3,(H2,62,71)(H,63,74)(H,64,78)(H,65,72)(H,66,73)(H,67,79)(H,76,77)(H,80,81)/t43-,44+,45-,53-/m0/s1. The van der Waals surface area contributed by atoms with E-state index in [2.05, 4.69) is 63.0 Å². The fourth-order valence-corrected chi connectivity index (χ4v) is 9.19. The monoisotopic (exact) mass is 1310 g/mol. The number of hydrogen-bond acceptors (Lipinski definition) is 14. The number of carbonyl (C=O) groups excluding carboxylic acids is 7. The van der Waals surface area contributed by atoms with E-state index in [9.17, 15) is 57.8 Å². The number of aliphatic hydroxyl groups excluding tert-OH is 1. The second-order valence-electron chi connectivity index (χ2n) is 21.1. The van der Waals surface area contributed by atoms with Gasteiger partial charge in [-0.3, -0.25) is 38.4 Å². The number of rotatable bonds is 42. The van der Waals surface area contributed by atoms with Crippen LogP contribution in [0.25, 0.3) is 11.1 Å². The molecular weight excluding hydrogens is 1230 g/mol. The van der Waals surface area contributed by atoms with Gasteiger partial charge < -0.3 is 76.1 Å². The molecule has 24 nitrogen and oxygen atoms in total. The molecule has 3 rings (SSSR count). The van der Waals surface area contributed by atoms with Crippen LogP contribution in [0, 0.1) is 17.0 Å². The molecule has 1 aromatic heterocycles. The lowest BCUT2D eigenvalue weighted by atomic mass is 9.82. The smallest absolute Gasteiger partial charge is 0.326 e. The van der Waals surface area contributed by atoms with Crippen molar-refractivity contribution in [2.75, 3.05) is 79.1 Å². The number of carboxylic acids is 2. The van der Waals surface area contributed by atoms with Gasteiger partial charge >= 0.3 is 11.9 Å². The van der Waals surface area contributed by atoms with E-state index >= 15 is 4.39 Å². The number of nitrogens with one attached hydrogen (secondary N) is 5. The molecule has 0 radical (unpaired) electrons. The molecule has 0 saturated carbocycles. The third-order valence-electron chi connectivity index (χ3n) is 13.4. The lowest BCUT2D eigenvalue weighted by molar-refractivity contribution is -0.143. The molecule has 2 aromatic carbocycles. The van der Waals surface area contributed by atoms with Gasteiger partial charge in [0.1, 0.15) is 36.4 Å². The minimum Gasteiger partial charge on any atom is -0.481 e. The fraction of sp³-hybridized carbons (Fsp3) is 0.569. The largest absolute Gasteiger partial charge is 0.481 e. The molecular formula is C58H83F2IN8O16. The predicted molar refractivity (Wildman–Crippen MR) is 316 cm³/mol. The third kappa shape index (κ3) is 27.1. The molecule has 0 saturated heterocycles. The molecule has 1 heterocycles. The quantitative estimate of drug-likeness (QED) is 0.0223. The van der Waals surface area contributed by atoms with E-state index in [1.165, 1.54) is 4.90 Å². The van der Waals surface area contributed by atoms with E-state index in [1.54, 1.807) is 37.6 Å². The van der Waals surface area contributed by atoms with E-state index < -0.39 is 134 Å². The number of carboxylic acid groups (broad SMARTS) is 2. The van der Waals surface area contributed by atoms with Gasteiger partial charge in [-0.2, -0.15) is 0 Å². The van der Waals surface area contributed by atoms with Crippen molar-refractivity contribution in [3.8, 4) is 11.1 Å². The SMILES string of the molecule is CCC(I)(CC)CC(=O)NCCOCCOCCOCCOCCC(=O)N[C@@H](CC(N)=O)C(=O)N[C@@H](CCN(C(=O)CO)[C@@H](c1cc(-c2cc(F)ccc2F)cn1Cc1ccccc1)C(C)(C)C)C(=O)NCCC(=O)N[C@H](CCC(=O)O)C(=O)O. The Hall–Kier alpha value is -6.66. The Morgan fingerprint density at radius 1 is 0.694 bits per heavy atom. The summed E-state index contributed by atoms with van der Waals surface area (Å²) in [6.45, 7) is 9.82. The number of benzene rings is 2. The lowest BCUT2D eigenvalue weighted by Gasteiger charge is -2.41. The zero-order valence-electron chi connectivity index (χ0n) is 48.9. The summed E-state index contributed by atoms with van der Waals surface area (Å²) in [7, 11) is 0. The second kappa shape index (κ2) is 37.7. The first-order valence-corrected chi connectivity index (χ1v) is 29.1. The zero-order chi connectivity index (χ0) is 63.1. The minimum atomic E-state index is -1.65. The topological polar surface area (TPSA) is 346 Å². The van der Waals surface area contributed by atoms with Crippen LogP contribution in [0.1, 0.15) is 110 Å². The Morgan fingerprint density at radius 2 is 1.29 bits per heavy atom. The van der Waals surface area contributed by atoms with E-state index in [4.69, 9.17) is 29.8 Å². The number of carbonyl (C=O) groups is 9. The van der Waals surface area contributed by atoms with Gasteiger partial charge in [-0.15, -0.1) is 0 Å². The maximum atomic E-state index is 15.4. The summed E-state index contributed by atoms with van der Waals surface area (Å²) in [6.07, 6.45) is 0.907. The number of aromatic nitrogens is 1. The summed E-state index contributed by atoms with van der Waals surface area (Å²) in [5.74, 6) is -9.69. The normalized spacial score (nSPS) is 13.0. The lowest BCUT2D eigenvalue weighted by Crippen LogP contribution is -2.56. The molecule has 0 bridgehead atoms. The first-order chi connectivity index (χ1) is 40.3. The molecule has 7 amide bonds. The van der Waals surface area contributed by atoms with E-state index in [0.29, 0.717) is 38.5 Å². The number of alkyl halides is 1. The van der Waals surface area contributed by atoms with Crippen LogP contribution in [0.15, 0.2) is 60.8 Å². The molecule has 85 heavy (non-hydrogen) atoms. The maximum Gasteiger partial charge on any atom is 0.326 e. The van der Waals surface area contributed by atoms with Gasteiger partial charge in [-0.1, -0.05) is 87.5 Å². The fourth-order valence-electron chi connectivity index (χ4n) is 8.84. The molecule has 0 fully saturated rings. The highest BCUT2D eigenvalue weighted by Crippen LogP contribution is 2.41. The van der Waals surface area contributed by atoms with Crippen LogP contribution in [-0.4, -0.2) is 179 Å². The van der Waals surface area contributed by atoms with Crippen molar-refractivity contribution in [1.29, 1.82) is 0 Å². The highest BCUT2D eigenvalue weighted by Gasteiger charge is 2.39. The number of halogens is 3. The number of aliphatic hydroxyl groups is 1. The van der Waals surface area contributed by atoms with Crippen molar-refractivity contribution in [3.05, 3.63) is 83.7 Å². The highest BCUT2D eigenvalue weighted by atomic mass is 127. The summed E-state index contributed by atoms with van der Waals surface area (Å²) in [6, 6.07) is 7.90. The molecule has 0 aliphatic heterocycles. The number of primary amides is 1. The van der Waals surface area contributed by atoms with Crippen LogP contribution in [0.4, 0.5) is 8.78 Å². The minimum absolute atomic E-state index is 0.0150. The Kier molecular flexibility index (Phi) is 32.2. The van der Waals surface area contributed by atoms with Crippen molar-refractivity contribution >= 4 is 75.9 Å². The zero-order valence-corrected chi connectivity index (χ0v) is 51.1. The Labute approximate surface area is 507 Å². The summed E-state index contributed by atoms with van der Waals surface area (Å²) in [4.78, 5) is 117. The van der Waals surface area contributed by atoms with Crippen molar-refractivity contribution in [1.82, 2.24) is 36.1 Å². The number of aliphatic carboxylic acids is 2. The van der Waals surface area contributed by atoms with Crippen molar-refractivity contribution in [2.45, 2.75) is 127 Å². The molecule has 0 aliphatic rings. The highest BCUT2D eigenvalue weighted by molar-refractivity contribution is 14.1. The summed E-state index contributed by atoms with van der Waals surface area (Å²) >= 11 is 2.34. The van der Waals surface area contributed by atoms with Gasteiger partial charge in [0.25, 0.3) is 0 Å². The molecule has 0 unspecified atom stereocenters. The van der Waals surface area contributed by atoms with E-state index in [-0.39, 0.29) is 73.0 Å². The van der Waals surface area contributed by atoms with Gasteiger partial charge in [-0.25, -0.2) is 13.6 Å². The van der Waals surface area contributed by atoms with Gasteiger partial charge in [0.05, 0.1) is 65.3 Å². The summed E-state index contributed by atoms with van der Waals surface area (Å²) < 4.78 is 53.8. The first-order valence-electron chi connectivity index (χ1n) is 28.1. The predicted octanol–water partition coefficient (Wildman–Crippen LogP) is 3.52. The number of amides is 7. The Balaban J connectivity index is 1.75. The summed E-state index contributed by atoms with van der Waals surface area (Å²) in [5, 5.41) is 41.5. The second-order valence-corrected chi connectivity index (χ2v) is 23.3. The average molecular weight is 1310 g/mol. The first kappa shape index (κ1) is 72.6. The van der Waals surface area contributed by atoms with Crippen LogP contribution < -0.4 is 32.3 Å². The number of ether oxygens (including phenoxy) is 4. The van der Waals surface area contributed by atoms with Gasteiger partial charge in [0.15, 0.2) is 0 Å². The molecule has 10 N–H and O–H groups in total. The van der Waals surface area contributed by atoms with Crippen molar-refractivity contribution in [3.63, 3.8) is 0 Å². The molecule has 0 aliphatic carbocycles. The van der Waals surface area contributed by atoms with Crippen LogP contribution >= 0.6 is 22.6 Å². The number of nitrogens with two attached hydrogens (primary N) is 1. The molecule has 3 aromatic rings. The third-order valence-corrected chi connectivity index (χ3v) is 15.3. The maximum absolute atomic E-state index is 15.4. The molecule has 4 atom stereocenters. The van der Waals surface area contributed by atoms with Crippen LogP contribution in [0.3, 0.4) is 0 Å². The van der Waals surface area contributed by atoms with Gasteiger partial charge in [-0.05, 0) is 60.9 Å². The van der Waals surface area contributed by atoms with E-state index in [0.717, 1.165) is 36.6 Å². The molecule has 472 valence electrons. The average Bonchev–Trinajstić information content (AvgIpc) is 2.89. The van der Waals surface area contributed by atoms with Crippen LogP contribution in [-0.2, 0) is 68.6 Å². The Bertz CT molecular complexity index is 2660. The molecule has 0 spiro atoms. The summed E-state index contributed by atoms with van der Waals surface area (Å²) in [5.41, 5.74) is 6.00. The Morgan fingerprint density at radius 3 is 1.87 bits per heavy atom. The van der Waals surface area contributed by atoms with Crippen LogP contribution in [0.2, 0.25) is 0 Å². The van der Waals surface area contributed by atoms with Crippen molar-refractivity contribution < 1.29 is 86.2 Å². The molecule has 27 heteroatoms. The number of nitrogens with zero attached hydrogens (tertiary/aromatic N) is 2. The van der Waals surface area contributed by atoms with Crippen LogP contribution in [0.5, 0.6) is 0 Å². The number of hydrogen-bond donors (Lipinski definition) is 9. The van der Waals surface area contributed by atoms with Gasteiger partial charge in [0, 0.05) is 78.3 Å². The van der Waals surface area contributed by atoms with Gasteiger partial charge in [0.2, 0.25) is 41.4 Å².